The first-order valence-corrected chi connectivity index (χ1v) is 14.0. The van der Waals surface area contributed by atoms with Crippen molar-refractivity contribution in [2.24, 2.45) is 7.05 Å². The number of hydrogen-bond acceptors (Lipinski definition) is 6. The summed E-state index contributed by atoms with van der Waals surface area (Å²) in [5.41, 5.74) is 8.28. The van der Waals surface area contributed by atoms with Gasteiger partial charge in [-0.05, 0) is 37.4 Å². The Kier molecular flexibility index (Phi) is 8.84. The van der Waals surface area contributed by atoms with Crippen LogP contribution in [0.1, 0.15) is 45.8 Å². The number of carbonyl (C=O) groups excluding carboxylic acids is 1. The van der Waals surface area contributed by atoms with E-state index in [-0.39, 0.29) is 45.5 Å². The van der Waals surface area contributed by atoms with Crippen molar-refractivity contribution in [2.45, 2.75) is 26.4 Å². The fourth-order valence-corrected chi connectivity index (χ4v) is 4.92. The quantitative estimate of drug-likeness (QED) is 0.173. The summed E-state index contributed by atoms with van der Waals surface area (Å²) in [6.07, 6.45) is 10.2. The van der Waals surface area contributed by atoms with Crippen LogP contribution in [0.2, 0.25) is 0 Å². The lowest BCUT2D eigenvalue weighted by molar-refractivity contribution is 0.0940. The molecule has 0 aliphatic rings. The number of pyridine rings is 1. The Morgan fingerprint density at radius 2 is 1.87 bits per heavy atom. The van der Waals surface area contributed by atoms with Crippen molar-refractivity contribution in [2.75, 3.05) is 5.73 Å². The molecule has 0 saturated heterocycles. The molecule has 0 saturated carbocycles. The van der Waals surface area contributed by atoms with Gasteiger partial charge in [-0.25, -0.2) is 9.50 Å². The first-order chi connectivity index (χ1) is 21.9. The van der Waals surface area contributed by atoms with Crippen LogP contribution in [0.4, 0.5) is 5.82 Å². The summed E-state index contributed by atoms with van der Waals surface area (Å²) in [4.78, 5) is 32.1. The summed E-state index contributed by atoms with van der Waals surface area (Å²) < 4.78 is 4.52. The number of benzene rings is 1. The number of nitrogens with zero attached hydrogens (tertiary/aromatic N) is 6. The van der Waals surface area contributed by atoms with Gasteiger partial charge in [0, 0.05) is 37.2 Å². The van der Waals surface area contributed by atoms with Crippen LogP contribution in [0, 0.1) is 31.1 Å². The van der Waals surface area contributed by atoms with Gasteiger partial charge in [0.1, 0.15) is 36.9 Å². The zero-order valence-corrected chi connectivity index (χ0v) is 25.4. The van der Waals surface area contributed by atoms with E-state index in [1.54, 1.807) is 54.3 Å². The number of anilines is 1. The molecule has 10 nitrogen and oxygen atoms in total. The molecule has 0 fully saturated rings. The molecular weight excluding hydrogens is 572 g/mol. The molecule has 216 valence electrons. The first kappa shape index (κ1) is 31.8. The highest BCUT2D eigenvalue weighted by molar-refractivity contribution is 6.44. The molecule has 0 aliphatic heterocycles. The fourth-order valence-electron chi connectivity index (χ4n) is 4.92. The van der Waals surface area contributed by atoms with Crippen molar-refractivity contribution in [3.63, 3.8) is 0 Å². The number of nitrogens with two attached hydrogens (primary N) is 1. The molecule has 4 heterocycles. The smallest absolute Gasteiger partial charge is 0.260 e. The Morgan fingerprint density at radius 3 is 2.57 bits per heavy atom. The second-order valence-corrected chi connectivity index (χ2v) is 10.5. The molecule has 0 bridgehead atoms. The standard InChI is InChI=1S/C32H24B4N8O2/c1-5-22(33)27(35)28(36)23(34)16-43-24(17(2)40-31(45)26-29(37)41-44-13-7-12-38-30(26)44)14-20-9-6-8-19(25(20)32(43)46)10-11-21-15-39-42(4)18(21)3/h1,6-9,12-15,17H,16H2,2-4H3,(H2,37,41)(H,40,45)/b27-22-,28-23-/t17-/m1/s1. The Hall–Kier alpha value is -5.61. The van der Waals surface area contributed by atoms with Crippen LogP contribution in [-0.2, 0) is 13.6 Å². The van der Waals surface area contributed by atoms with Crippen LogP contribution < -0.4 is 16.6 Å². The lowest BCUT2D eigenvalue weighted by Gasteiger charge is -2.23. The molecular formula is C32H24B4N8O2. The van der Waals surface area contributed by atoms with E-state index in [4.69, 9.17) is 43.5 Å². The van der Waals surface area contributed by atoms with Gasteiger partial charge in [0.05, 0.1) is 28.9 Å². The average Bonchev–Trinajstić information content (AvgIpc) is 3.56. The van der Waals surface area contributed by atoms with Crippen LogP contribution in [-0.4, -0.2) is 66.2 Å². The van der Waals surface area contributed by atoms with E-state index in [9.17, 15) is 9.59 Å². The van der Waals surface area contributed by atoms with E-state index in [0.29, 0.717) is 22.0 Å². The number of aryl methyl sites for hydroxylation is 1. The highest BCUT2D eigenvalue weighted by atomic mass is 16.2. The van der Waals surface area contributed by atoms with Crippen molar-refractivity contribution in [3.8, 4) is 24.2 Å². The maximum absolute atomic E-state index is 14.3. The third kappa shape index (κ3) is 5.90. The van der Waals surface area contributed by atoms with Crippen LogP contribution in [0.5, 0.6) is 0 Å². The first-order valence-electron chi connectivity index (χ1n) is 14.0. The number of nitrogen functional groups attached to an aromatic ring is 1. The monoisotopic (exact) mass is 596 g/mol. The second-order valence-electron chi connectivity index (χ2n) is 10.5. The molecule has 0 unspecified atom stereocenters. The molecule has 8 radical (unpaired) electrons. The predicted octanol–water partition coefficient (Wildman–Crippen LogP) is 1.29. The van der Waals surface area contributed by atoms with Gasteiger partial charge in [0.25, 0.3) is 11.5 Å². The summed E-state index contributed by atoms with van der Waals surface area (Å²) in [7, 11) is 26.2. The largest absolute Gasteiger partial charge is 0.381 e. The highest BCUT2D eigenvalue weighted by Crippen LogP contribution is 2.24. The summed E-state index contributed by atoms with van der Waals surface area (Å²) in [5, 5.41) is 12.2. The Labute approximate surface area is 270 Å². The number of allylic oxidation sites excluding steroid dienone is 4. The maximum Gasteiger partial charge on any atom is 0.260 e. The van der Waals surface area contributed by atoms with E-state index in [1.807, 2.05) is 14.0 Å². The predicted molar refractivity (Wildman–Crippen MR) is 181 cm³/mol. The van der Waals surface area contributed by atoms with E-state index < -0.39 is 17.5 Å². The molecule has 46 heavy (non-hydrogen) atoms. The van der Waals surface area contributed by atoms with Gasteiger partial charge in [-0.2, -0.15) is 5.10 Å². The summed E-state index contributed by atoms with van der Waals surface area (Å²) in [5.74, 6) is 7.91. The number of aromatic nitrogens is 6. The maximum atomic E-state index is 14.3. The third-order valence-electron chi connectivity index (χ3n) is 7.59. The molecule has 0 aliphatic carbocycles. The minimum atomic E-state index is -0.742. The van der Waals surface area contributed by atoms with Gasteiger partial charge in [-0.3, -0.25) is 14.3 Å². The van der Waals surface area contributed by atoms with Gasteiger partial charge in [0.15, 0.2) is 11.5 Å². The fraction of sp³-hybridized carbons (Fsp3) is 0.156. The van der Waals surface area contributed by atoms with Crippen molar-refractivity contribution in [1.29, 1.82) is 0 Å². The highest BCUT2D eigenvalue weighted by Gasteiger charge is 2.23. The minimum Gasteiger partial charge on any atom is -0.381 e. The Bertz CT molecular complexity index is 2280. The lowest BCUT2D eigenvalue weighted by atomic mass is 9.66. The van der Waals surface area contributed by atoms with Gasteiger partial charge in [-0.1, -0.05) is 35.4 Å². The van der Waals surface area contributed by atoms with Crippen molar-refractivity contribution < 1.29 is 4.79 Å². The zero-order valence-electron chi connectivity index (χ0n) is 25.4. The van der Waals surface area contributed by atoms with Crippen LogP contribution in [0.3, 0.4) is 0 Å². The molecule has 14 heteroatoms. The third-order valence-corrected chi connectivity index (χ3v) is 7.59. The average molecular weight is 596 g/mol. The Balaban J connectivity index is 1.66. The molecule has 1 atom stereocenters. The normalized spacial score (nSPS) is 12.9. The number of hydrogen-bond donors (Lipinski definition) is 2. The minimum absolute atomic E-state index is 0.000290. The summed E-state index contributed by atoms with van der Waals surface area (Å²) >= 11 is 0. The molecule has 1 amide bonds. The second kappa shape index (κ2) is 12.8. The number of rotatable bonds is 6. The van der Waals surface area contributed by atoms with Crippen molar-refractivity contribution in [1.82, 2.24) is 34.3 Å². The van der Waals surface area contributed by atoms with Crippen molar-refractivity contribution in [3.05, 3.63) is 109 Å². The van der Waals surface area contributed by atoms with Gasteiger partial charge in [0.2, 0.25) is 0 Å². The Morgan fingerprint density at radius 1 is 1.13 bits per heavy atom. The SMILES string of the molecule is [B]/C(C#C)=C([B])/C([B])=C(/[B])Cn1c([C@@H](C)NC(=O)c2c(N)nn3cccnc23)cc2cccc(C#Cc3cnn(C)c3C)c2c1=O. The number of amides is 1. The van der Waals surface area contributed by atoms with E-state index >= 15 is 0 Å². The number of carbonyl (C=O) groups is 1. The molecule has 3 N–H and O–H groups in total. The van der Waals surface area contributed by atoms with E-state index in [2.05, 4.69) is 38.3 Å². The molecule has 0 spiro atoms. The summed E-state index contributed by atoms with van der Waals surface area (Å²) in [6.45, 7) is 3.41. The zero-order chi connectivity index (χ0) is 33.3. The van der Waals surface area contributed by atoms with Crippen molar-refractivity contribution >= 4 is 59.5 Å². The summed E-state index contributed by atoms with van der Waals surface area (Å²) in [6, 6.07) is 8.03. The number of fused-ring (bicyclic) bond motifs is 2. The molecule has 1 aromatic carbocycles. The number of terminal acetylenes is 1. The topological polar surface area (TPSA) is 125 Å². The van der Waals surface area contributed by atoms with E-state index in [1.165, 1.54) is 15.3 Å². The molecule has 5 aromatic rings. The van der Waals surface area contributed by atoms with Gasteiger partial charge in [-0.15, -0.1) is 27.9 Å². The lowest BCUT2D eigenvalue weighted by Crippen LogP contribution is -2.33. The molecule has 4 aromatic heterocycles. The number of nitrogens with one attached hydrogen (secondary N) is 1. The molecule has 5 rings (SSSR count). The van der Waals surface area contributed by atoms with Crippen LogP contribution in [0.15, 0.2) is 75.6 Å². The van der Waals surface area contributed by atoms with Gasteiger partial charge < -0.3 is 15.6 Å². The van der Waals surface area contributed by atoms with Crippen LogP contribution >= 0.6 is 0 Å². The van der Waals surface area contributed by atoms with Gasteiger partial charge >= 0.3 is 0 Å². The van der Waals surface area contributed by atoms with E-state index in [0.717, 1.165) is 11.3 Å². The van der Waals surface area contributed by atoms with Crippen LogP contribution in [0.25, 0.3) is 16.4 Å².